The van der Waals surface area contributed by atoms with Gasteiger partial charge in [-0.25, -0.2) is 9.97 Å². The zero-order valence-electron chi connectivity index (χ0n) is 14.4. The zero-order chi connectivity index (χ0) is 18.0. The average molecular weight is 377 g/mol. The van der Waals surface area contributed by atoms with E-state index in [9.17, 15) is 8.42 Å². The second kappa shape index (κ2) is 7.45. The van der Waals surface area contributed by atoms with Crippen LogP contribution in [-0.2, 0) is 27.4 Å². The first-order valence-corrected chi connectivity index (χ1v) is 10.5. The van der Waals surface area contributed by atoms with Gasteiger partial charge in [-0.15, -0.1) is 0 Å². The van der Waals surface area contributed by atoms with Crippen molar-refractivity contribution >= 4 is 38.5 Å². The van der Waals surface area contributed by atoms with Crippen LogP contribution < -0.4 is 4.90 Å². The highest BCUT2D eigenvalue weighted by molar-refractivity contribution is 7.85. The summed E-state index contributed by atoms with van der Waals surface area (Å²) >= 11 is 0. The van der Waals surface area contributed by atoms with Crippen LogP contribution in [0.5, 0.6) is 0 Å². The number of pyridine rings is 1. The Kier molecular flexibility index (Phi) is 5.29. The molecule has 25 heavy (non-hydrogen) atoms. The highest BCUT2D eigenvalue weighted by atomic mass is 32.2. The molecule has 2 aromatic heterocycles. The van der Waals surface area contributed by atoms with Crippen molar-refractivity contribution in [2.45, 2.75) is 22.7 Å². The number of para-hydroxylation sites is 1. The number of hydrogen-bond acceptors (Lipinski definition) is 5. The molecule has 3 rings (SSSR count). The molecule has 1 N–H and O–H groups in total. The van der Waals surface area contributed by atoms with Crippen molar-refractivity contribution in [3.05, 3.63) is 42.1 Å². The summed E-state index contributed by atoms with van der Waals surface area (Å²) in [6.07, 6.45) is 1.58. The minimum atomic E-state index is -1.35. The van der Waals surface area contributed by atoms with Gasteiger partial charge in [-0.1, -0.05) is 25.1 Å². The molecule has 132 valence electrons. The Bertz CT molecular complexity index is 953. The molecule has 0 aliphatic heterocycles. The largest absolute Gasteiger partial charge is 0.377 e. The molecule has 8 heteroatoms. The van der Waals surface area contributed by atoms with Crippen molar-refractivity contribution < 1.29 is 8.42 Å². The van der Waals surface area contributed by atoms with Crippen LogP contribution in [0.3, 0.4) is 0 Å². The topological polar surface area (TPSA) is 79.0 Å². The van der Waals surface area contributed by atoms with Crippen molar-refractivity contribution in [3.63, 3.8) is 0 Å². The Hall–Kier alpha value is -2.06. The number of aromatic amines is 1. The molecule has 0 aliphatic carbocycles. The van der Waals surface area contributed by atoms with E-state index in [1.54, 1.807) is 12.3 Å². The number of imidazole rings is 1. The number of aromatic nitrogens is 3. The monoisotopic (exact) mass is 376 g/mol. The number of H-pyrrole nitrogens is 1. The van der Waals surface area contributed by atoms with Gasteiger partial charge >= 0.3 is 0 Å². The molecule has 0 spiro atoms. The Balaban J connectivity index is 1.95. The maximum Gasteiger partial charge on any atom is 0.199 e. The maximum absolute atomic E-state index is 12.8. The normalized spacial score (nSPS) is 13.7. The first-order chi connectivity index (χ1) is 12.0. The van der Waals surface area contributed by atoms with E-state index < -0.39 is 21.6 Å². The van der Waals surface area contributed by atoms with Crippen LogP contribution in [0.25, 0.3) is 11.2 Å². The molecule has 2 heterocycles. The molecule has 0 radical (unpaired) electrons. The van der Waals surface area contributed by atoms with Gasteiger partial charge in [-0.2, -0.15) is 0 Å². The number of rotatable bonds is 6. The lowest BCUT2D eigenvalue weighted by Gasteiger charge is -2.16. The first-order valence-electron chi connectivity index (χ1n) is 7.88. The number of nitrogens with zero attached hydrogens (tertiary/aromatic N) is 3. The highest BCUT2D eigenvalue weighted by Gasteiger charge is 2.17. The molecule has 2 unspecified atom stereocenters. The fourth-order valence-electron chi connectivity index (χ4n) is 2.60. The average Bonchev–Trinajstić information content (AvgIpc) is 3.05. The van der Waals surface area contributed by atoms with Gasteiger partial charge in [0.05, 0.1) is 32.2 Å². The Morgan fingerprint density at radius 2 is 1.88 bits per heavy atom. The smallest absolute Gasteiger partial charge is 0.199 e. The van der Waals surface area contributed by atoms with Gasteiger partial charge < -0.3 is 9.88 Å². The lowest BCUT2D eigenvalue weighted by atomic mass is 10.2. The van der Waals surface area contributed by atoms with E-state index >= 15 is 0 Å². The van der Waals surface area contributed by atoms with Gasteiger partial charge in [0, 0.05) is 31.7 Å². The molecule has 2 atom stereocenters. The van der Waals surface area contributed by atoms with Gasteiger partial charge in [0.2, 0.25) is 0 Å². The van der Waals surface area contributed by atoms with E-state index in [0.29, 0.717) is 32.7 Å². The molecule has 6 nitrogen and oxygen atoms in total. The van der Waals surface area contributed by atoms with Crippen LogP contribution in [0.2, 0.25) is 0 Å². The predicted octanol–water partition coefficient (Wildman–Crippen LogP) is 2.46. The van der Waals surface area contributed by atoms with E-state index in [4.69, 9.17) is 0 Å². The Morgan fingerprint density at radius 1 is 1.12 bits per heavy atom. The highest BCUT2D eigenvalue weighted by Crippen LogP contribution is 2.23. The third kappa shape index (κ3) is 3.64. The van der Waals surface area contributed by atoms with Crippen molar-refractivity contribution in [1.82, 2.24) is 15.0 Å². The minimum absolute atomic E-state index is 0.348. The van der Waals surface area contributed by atoms with E-state index in [0.717, 1.165) is 11.3 Å². The Morgan fingerprint density at radius 3 is 2.60 bits per heavy atom. The molecule has 0 saturated carbocycles. The summed E-state index contributed by atoms with van der Waals surface area (Å²) in [6.45, 7) is 1.86. The summed E-state index contributed by atoms with van der Waals surface area (Å²) in [7, 11) is 1.44. The van der Waals surface area contributed by atoms with Crippen LogP contribution in [0.15, 0.2) is 46.6 Å². The van der Waals surface area contributed by atoms with Crippen LogP contribution in [0.1, 0.15) is 12.5 Å². The maximum atomic E-state index is 12.8. The molecule has 3 aromatic rings. The number of nitrogens with one attached hydrogen (secondary N) is 1. The summed E-state index contributed by atoms with van der Waals surface area (Å²) in [5.74, 6) is 0.854. The molecular formula is C17H20N4O2S2. The van der Waals surface area contributed by atoms with E-state index in [-0.39, 0.29) is 0 Å². The van der Waals surface area contributed by atoms with Crippen molar-refractivity contribution in [2.24, 2.45) is 0 Å². The summed E-state index contributed by atoms with van der Waals surface area (Å²) in [5.41, 5.74) is 3.06. The molecule has 0 fully saturated rings. The molecule has 0 saturated heterocycles. The molecule has 0 bridgehead atoms. The van der Waals surface area contributed by atoms with Crippen LogP contribution >= 0.6 is 0 Å². The molecule has 0 amide bonds. The van der Waals surface area contributed by atoms with E-state index in [1.807, 2.05) is 50.2 Å². The lowest BCUT2D eigenvalue weighted by Crippen LogP contribution is -2.12. The zero-order valence-corrected chi connectivity index (χ0v) is 16.0. The summed E-state index contributed by atoms with van der Waals surface area (Å²) in [4.78, 5) is 14.3. The summed E-state index contributed by atoms with van der Waals surface area (Å²) in [6, 6.07) is 9.57. The summed E-state index contributed by atoms with van der Waals surface area (Å²) in [5, 5.41) is 0.358. The standard InChI is InChI=1S/C17H20N4O2S2/c1-4-24(22)14-9-10-18-16-15(14)19-17(20-16)25(23)11-12-7-5-6-8-13(12)21(2)3/h5-10H,4,11H2,1-3H3,(H,18,19,20). The van der Waals surface area contributed by atoms with Crippen molar-refractivity contribution in [1.29, 1.82) is 0 Å². The third-order valence-electron chi connectivity index (χ3n) is 3.82. The number of hydrogen-bond donors (Lipinski definition) is 1. The fraction of sp³-hybridized carbons (Fsp3) is 0.294. The first kappa shape index (κ1) is 17.8. The van der Waals surface area contributed by atoms with E-state index in [1.165, 1.54) is 0 Å². The van der Waals surface area contributed by atoms with Gasteiger partial charge in [0.25, 0.3) is 0 Å². The Labute approximate surface area is 151 Å². The van der Waals surface area contributed by atoms with Crippen LogP contribution in [0, 0.1) is 0 Å². The van der Waals surface area contributed by atoms with Gasteiger partial charge in [-0.05, 0) is 17.7 Å². The third-order valence-corrected chi connectivity index (χ3v) is 6.37. The van der Waals surface area contributed by atoms with Crippen molar-refractivity contribution in [2.75, 3.05) is 24.7 Å². The minimum Gasteiger partial charge on any atom is -0.377 e. The quantitative estimate of drug-likeness (QED) is 0.715. The molecular weight excluding hydrogens is 356 g/mol. The fourth-order valence-corrected chi connectivity index (χ4v) is 4.56. The van der Waals surface area contributed by atoms with Gasteiger partial charge in [0.15, 0.2) is 10.8 Å². The predicted molar refractivity (Wildman–Crippen MR) is 102 cm³/mol. The second-order valence-electron chi connectivity index (χ2n) is 5.70. The molecule has 1 aromatic carbocycles. The number of fused-ring (bicyclic) bond motifs is 1. The number of benzene rings is 1. The summed E-state index contributed by atoms with van der Waals surface area (Å²) < 4.78 is 25.0. The molecule has 0 aliphatic rings. The van der Waals surface area contributed by atoms with Crippen LogP contribution in [0.4, 0.5) is 5.69 Å². The lowest BCUT2D eigenvalue weighted by molar-refractivity contribution is 0.677. The van der Waals surface area contributed by atoms with Gasteiger partial charge in [0.1, 0.15) is 5.52 Å². The SMILES string of the molecule is CCS(=O)c1ccnc2nc(S(=O)Cc3ccccc3N(C)C)[nH]c12. The second-order valence-corrected chi connectivity index (χ2v) is 8.77. The van der Waals surface area contributed by atoms with Crippen LogP contribution in [-0.4, -0.2) is 43.2 Å². The van der Waals surface area contributed by atoms with Gasteiger partial charge in [-0.3, -0.25) is 8.42 Å². The van der Waals surface area contributed by atoms with E-state index in [2.05, 4.69) is 15.0 Å². The number of anilines is 1. The van der Waals surface area contributed by atoms with Crippen molar-refractivity contribution in [3.8, 4) is 0 Å².